The fraction of sp³-hybridized carbons (Fsp3) is 0.200. The van der Waals surface area contributed by atoms with Gasteiger partial charge in [-0.05, 0) is 43.7 Å². The maximum absolute atomic E-state index is 12.8. The number of aromatic nitrogens is 1. The van der Waals surface area contributed by atoms with Crippen LogP contribution in [0.1, 0.15) is 22.4 Å². The number of hydrogen-bond acceptors (Lipinski definition) is 3. The van der Waals surface area contributed by atoms with E-state index in [1.165, 1.54) is 6.07 Å². The average molecular weight is 327 g/mol. The van der Waals surface area contributed by atoms with Gasteiger partial charge in [0.05, 0.1) is 10.6 Å². The van der Waals surface area contributed by atoms with Crippen molar-refractivity contribution in [1.82, 2.24) is 4.98 Å². The Morgan fingerprint density at radius 1 is 1.23 bits per heavy atom. The van der Waals surface area contributed by atoms with Crippen LogP contribution in [0.2, 0.25) is 5.02 Å². The number of aryl methyl sites for hydroxylation is 2. The molecule has 0 bridgehead atoms. The number of nitriles is 1. The van der Waals surface area contributed by atoms with Gasteiger partial charge in [-0.3, -0.25) is 0 Å². The lowest BCUT2D eigenvalue weighted by molar-refractivity contribution is -0.137. The van der Waals surface area contributed by atoms with Gasteiger partial charge in [-0.25, -0.2) is 4.98 Å². The zero-order chi connectivity index (χ0) is 16.5. The summed E-state index contributed by atoms with van der Waals surface area (Å²) in [7, 11) is 0. The first kappa shape index (κ1) is 16.1. The van der Waals surface area contributed by atoms with Gasteiger partial charge in [-0.2, -0.15) is 18.4 Å². The summed E-state index contributed by atoms with van der Waals surface area (Å²) in [4.78, 5) is 4.09. The van der Waals surface area contributed by atoms with Crippen molar-refractivity contribution in [3.63, 3.8) is 0 Å². The summed E-state index contributed by atoms with van der Waals surface area (Å²) in [5.41, 5.74) is 0.551. The number of nitrogens with zero attached hydrogens (tertiary/aromatic N) is 2. The summed E-state index contributed by atoms with van der Waals surface area (Å²) in [5, 5.41) is 8.65. The van der Waals surface area contributed by atoms with E-state index in [4.69, 9.17) is 21.6 Å². The van der Waals surface area contributed by atoms with Crippen LogP contribution in [0.25, 0.3) is 0 Å². The highest BCUT2D eigenvalue weighted by molar-refractivity contribution is 6.31. The van der Waals surface area contributed by atoms with Crippen molar-refractivity contribution in [1.29, 1.82) is 5.26 Å². The standard InChI is InChI=1S/C15H10ClF3N2O/c1-8-5-10(7-20)14(21-9(8)2)22-11-3-4-13(16)12(6-11)15(17,18)19/h3-6H,1-2H3. The second kappa shape index (κ2) is 5.85. The molecule has 0 atom stereocenters. The molecule has 7 heteroatoms. The number of benzene rings is 1. The number of alkyl halides is 3. The highest BCUT2D eigenvalue weighted by atomic mass is 35.5. The number of ether oxygens (including phenoxy) is 1. The largest absolute Gasteiger partial charge is 0.438 e. The van der Waals surface area contributed by atoms with E-state index in [0.717, 1.165) is 17.7 Å². The van der Waals surface area contributed by atoms with E-state index < -0.39 is 16.8 Å². The van der Waals surface area contributed by atoms with Crippen molar-refractivity contribution in [3.05, 3.63) is 51.7 Å². The molecule has 0 aliphatic heterocycles. The van der Waals surface area contributed by atoms with Crippen LogP contribution in [-0.4, -0.2) is 4.98 Å². The van der Waals surface area contributed by atoms with Crippen LogP contribution in [-0.2, 0) is 6.18 Å². The van der Waals surface area contributed by atoms with Gasteiger partial charge < -0.3 is 4.74 Å². The zero-order valence-corrected chi connectivity index (χ0v) is 12.4. The molecule has 0 N–H and O–H groups in total. The molecule has 0 saturated heterocycles. The Morgan fingerprint density at radius 3 is 2.50 bits per heavy atom. The smallest absolute Gasteiger partial charge is 0.417 e. The minimum Gasteiger partial charge on any atom is -0.438 e. The molecule has 0 fully saturated rings. The molecule has 0 amide bonds. The van der Waals surface area contributed by atoms with Crippen molar-refractivity contribution < 1.29 is 17.9 Å². The Bertz CT molecular complexity index is 767. The molecule has 0 saturated carbocycles. The molecule has 1 aromatic carbocycles. The van der Waals surface area contributed by atoms with Gasteiger partial charge in [0.2, 0.25) is 5.88 Å². The predicted molar refractivity (Wildman–Crippen MR) is 75.0 cm³/mol. The quantitative estimate of drug-likeness (QED) is 0.777. The molecule has 0 aliphatic rings. The fourth-order valence-corrected chi connectivity index (χ4v) is 1.96. The van der Waals surface area contributed by atoms with Crippen molar-refractivity contribution >= 4 is 11.6 Å². The van der Waals surface area contributed by atoms with Gasteiger partial charge in [0.25, 0.3) is 0 Å². The molecule has 2 aromatic rings. The van der Waals surface area contributed by atoms with Gasteiger partial charge >= 0.3 is 6.18 Å². The third-order valence-electron chi connectivity index (χ3n) is 3.01. The summed E-state index contributed by atoms with van der Waals surface area (Å²) in [6, 6.07) is 6.63. The van der Waals surface area contributed by atoms with Crippen LogP contribution in [0.3, 0.4) is 0 Å². The highest BCUT2D eigenvalue weighted by Gasteiger charge is 2.33. The lowest BCUT2D eigenvalue weighted by Gasteiger charge is -2.12. The molecule has 0 unspecified atom stereocenters. The van der Waals surface area contributed by atoms with Crippen LogP contribution in [0.4, 0.5) is 13.2 Å². The third-order valence-corrected chi connectivity index (χ3v) is 3.34. The maximum atomic E-state index is 12.8. The Balaban J connectivity index is 2.45. The molecule has 114 valence electrons. The second-order valence-electron chi connectivity index (χ2n) is 4.60. The van der Waals surface area contributed by atoms with Crippen molar-refractivity contribution in [2.75, 3.05) is 0 Å². The first-order chi connectivity index (χ1) is 10.2. The van der Waals surface area contributed by atoms with Crippen LogP contribution in [0, 0.1) is 25.2 Å². The van der Waals surface area contributed by atoms with Crippen molar-refractivity contribution in [2.45, 2.75) is 20.0 Å². The van der Waals surface area contributed by atoms with E-state index in [1.807, 2.05) is 6.07 Å². The van der Waals surface area contributed by atoms with Gasteiger partial charge in [-0.15, -0.1) is 0 Å². The number of hydrogen-bond donors (Lipinski definition) is 0. The topological polar surface area (TPSA) is 45.9 Å². The molecular weight excluding hydrogens is 317 g/mol. The molecule has 1 aromatic heterocycles. The summed E-state index contributed by atoms with van der Waals surface area (Å²) < 4.78 is 43.8. The van der Waals surface area contributed by atoms with Crippen LogP contribution in [0.5, 0.6) is 11.6 Å². The second-order valence-corrected chi connectivity index (χ2v) is 5.00. The minimum atomic E-state index is -4.59. The summed E-state index contributed by atoms with van der Waals surface area (Å²) >= 11 is 5.54. The van der Waals surface area contributed by atoms with Gasteiger partial charge in [-0.1, -0.05) is 11.6 Å². The van der Waals surface area contributed by atoms with Crippen LogP contribution in [0.15, 0.2) is 24.3 Å². The first-order valence-corrected chi connectivity index (χ1v) is 6.53. The normalized spacial score (nSPS) is 11.1. The average Bonchev–Trinajstić information content (AvgIpc) is 2.43. The van der Waals surface area contributed by atoms with E-state index >= 15 is 0 Å². The van der Waals surface area contributed by atoms with Crippen LogP contribution >= 0.6 is 11.6 Å². The Hall–Kier alpha value is -2.26. The van der Waals surface area contributed by atoms with E-state index in [1.54, 1.807) is 19.9 Å². The first-order valence-electron chi connectivity index (χ1n) is 6.15. The lowest BCUT2D eigenvalue weighted by Crippen LogP contribution is -2.06. The molecule has 22 heavy (non-hydrogen) atoms. The maximum Gasteiger partial charge on any atom is 0.417 e. The van der Waals surface area contributed by atoms with Crippen LogP contribution < -0.4 is 4.74 Å². The Kier molecular flexibility index (Phi) is 4.29. The van der Waals surface area contributed by atoms with E-state index in [9.17, 15) is 13.2 Å². The number of halogens is 4. The monoisotopic (exact) mass is 326 g/mol. The fourth-order valence-electron chi connectivity index (χ4n) is 1.74. The van der Waals surface area contributed by atoms with Crippen molar-refractivity contribution in [2.24, 2.45) is 0 Å². The Morgan fingerprint density at radius 2 is 1.91 bits per heavy atom. The summed E-state index contributed by atoms with van der Waals surface area (Å²) in [6.45, 7) is 3.49. The number of rotatable bonds is 2. The molecule has 0 radical (unpaired) electrons. The third kappa shape index (κ3) is 3.31. The lowest BCUT2D eigenvalue weighted by atomic mass is 10.1. The van der Waals surface area contributed by atoms with Gasteiger partial charge in [0, 0.05) is 5.69 Å². The summed E-state index contributed by atoms with van der Waals surface area (Å²) in [6.07, 6.45) is -4.59. The highest BCUT2D eigenvalue weighted by Crippen LogP contribution is 2.37. The van der Waals surface area contributed by atoms with Crippen molar-refractivity contribution in [3.8, 4) is 17.7 Å². The minimum absolute atomic E-state index is 0.0407. The predicted octanol–water partition coefficient (Wildman–Crippen LogP) is 5.03. The zero-order valence-electron chi connectivity index (χ0n) is 11.6. The molecular formula is C15H10ClF3N2O. The molecule has 0 spiro atoms. The molecule has 3 nitrogen and oxygen atoms in total. The Labute approximate surface area is 129 Å². The van der Waals surface area contributed by atoms with Gasteiger partial charge in [0.15, 0.2) is 0 Å². The van der Waals surface area contributed by atoms with E-state index in [2.05, 4.69) is 4.98 Å². The molecule has 1 heterocycles. The van der Waals surface area contributed by atoms with E-state index in [0.29, 0.717) is 5.69 Å². The summed E-state index contributed by atoms with van der Waals surface area (Å²) in [5.74, 6) is -0.134. The SMILES string of the molecule is Cc1cc(C#N)c(Oc2ccc(Cl)c(C(F)(F)F)c2)nc1C. The molecule has 0 aliphatic carbocycles. The molecule has 2 rings (SSSR count). The van der Waals surface area contributed by atoms with Gasteiger partial charge in [0.1, 0.15) is 17.4 Å². The van der Waals surface area contributed by atoms with E-state index in [-0.39, 0.29) is 17.2 Å². The number of pyridine rings is 1.